The van der Waals surface area contributed by atoms with Crippen LogP contribution in [0.15, 0.2) is 150 Å². The van der Waals surface area contributed by atoms with Gasteiger partial charge in [0.05, 0.1) is 5.41 Å². The smallest absolute Gasteiger partial charge is 0.136 e. The third-order valence-corrected chi connectivity index (χ3v) is 8.92. The third kappa shape index (κ3) is 2.67. The van der Waals surface area contributed by atoms with Crippen LogP contribution in [0.2, 0.25) is 0 Å². The molecule has 7 aromatic carbocycles. The van der Waals surface area contributed by atoms with Crippen molar-refractivity contribution in [2.75, 3.05) is 0 Å². The number of benzene rings is 7. The second-order valence-electron chi connectivity index (χ2n) is 10.8. The highest BCUT2D eigenvalue weighted by Gasteiger charge is 2.47. The molecule has 1 aliphatic rings. The molecule has 0 radical (unpaired) electrons. The Balaban J connectivity index is 1.57. The summed E-state index contributed by atoms with van der Waals surface area (Å²) in [5, 5.41) is 7.22. The van der Waals surface area contributed by atoms with Gasteiger partial charge in [0.1, 0.15) is 11.2 Å². The second-order valence-corrected chi connectivity index (χ2v) is 10.8. The topological polar surface area (TPSA) is 13.1 Å². The van der Waals surface area contributed by atoms with E-state index < -0.39 is 5.41 Å². The summed E-state index contributed by atoms with van der Waals surface area (Å²) in [7, 11) is 0. The Morgan fingerprint density at radius 3 is 1.77 bits per heavy atom. The molecule has 1 nitrogen and oxygen atoms in total. The highest BCUT2D eigenvalue weighted by Crippen LogP contribution is 2.58. The fourth-order valence-corrected chi connectivity index (χ4v) is 7.41. The Hall–Kier alpha value is -5.14. The summed E-state index contributed by atoms with van der Waals surface area (Å²) in [6.07, 6.45) is 0. The molecule has 0 fully saturated rings. The first-order valence-corrected chi connectivity index (χ1v) is 13.9. The van der Waals surface area contributed by atoms with Crippen LogP contribution < -0.4 is 0 Å². The van der Waals surface area contributed by atoms with E-state index in [0.717, 1.165) is 11.2 Å². The number of fused-ring (bicyclic) bond motifs is 5. The molecule has 1 heterocycles. The Kier molecular flexibility index (Phi) is 4.32. The van der Waals surface area contributed by atoms with Gasteiger partial charge in [0, 0.05) is 10.8 Å². The second kappa shape index (κ2) is 7.94. The van der Waals surface area contributed by atoms with Gasteiger partial charge in [-0.05, 0) is 67.1 Å². The molecule has 0 aliphatic heterocycles. The molecule has 9 rings (SSSR count). The molecule has 0 atom stereocenters. The number of rotatable bonds is 2. The molecular formula is C39H24O. The van der Waals surface area contributed by atoms with Gasteiger partial charge in [0.15, 0.2) is 0 Å². The Morgan fingerprint density at radius 2 is 1.02 bits per heavy atom. The minimum Gasteiger partial charge on any atom is -0.456 e. The zero-order valence-electron chi connectivity index (χ0n) is 21.8. The van der Waals surface area contributed by atoms with Crippen molar-refractivity contribution in [2.45, 2.75) is 5.41 Å². The SMILES string of the molecule is c1ccc(C2(c3ccccc3)c3ccccc3-c3c2cc2oc4cccc5cccc(c6cccc3c26)c54)cc1. The van der Waals surface area contributed by atoms with Crippen molar-refractivity contribution in [2.24, 2.45) is 0 Å². The fourth-order valence-electron chi connectivity index (χ4n) is 7.41. The molecule has 0 unspecified atom stereocenters. The van der Waals surface area contributed by atoms with E-state index in [9.17, 15) is 0 Å². The van der Waals surface area contributed by atoms with Gasteiger partial charge in [-0.1, -0.05) is 133 Å². The van der Waals surface area contributed by atoms with Gasteiger partial charge in [-0.25, -0.2) is 0 Å². The zero-order chi connectivity index (χ0) is 26.3. The summed E-state index contributed by atoms with van der Waals surface area (Å²) in [6.45, 7) is 0. The molecule has 1 aromatic heterocycles. The first-order valence-electron chi connectivity index (χ1n) is 13.9. The Labute approximate surface area is 231 Å². The largest absolute Gasteiger partial charge is 0.456 e. The van der Waals surface area contributed by atoms with Gasteiger partial charge in [0.25, 0.3) is 0 Å². The van der Waals surface area contributed by atoms with E-state index in [1.807, 2.05) is 0 Å². The van der Waals surface area contributed by atoms with Crippen molar-refractivity contribution in [3.63, 3.8) is 0 Å². The van der Waals surface area contributed by atoms with Crippen LogP contribution in [0.3, 0.4) is 0 Å². The fraction of sp³-hybridized carbons (Fsp3) is 0.0256. The Bertz CT molecular complexity index is 2210. The molecular weight excluding hydrogens is 484 g/mol. The van der Waals surface area contributed by atoms with E-state index in [1.54, 1.807) is 0 Å². The van der Waals surface area contributed by atoms with E-state index in [0.29, 0.717) is 0 Å². The van der Waals surface area contributed by atoms with E-state index >= 15 is 0 Å². The standard InChI is InChI=1S/C39H24O/c1-3-14-26(15-4-1)39(27-16-5-2-6-17-27)32-22-8-7-18-30(32)37-31-21-11-20-29-28-19-9-12-25-13-10-23-34(36(25)28)40-35(38(29)31)24-33(37)39/h1-24H. The predicted molar refractivity (Wildman–Crippen MR) is 166 cm³/mol. The molecule has 186 valence electrons. The van der Waals surface area contributed by atoms with Gasteiger partial charge in [0.2, 0.25) is 0 Å². The normalized spacial score (nSPS) is 13.7. The first-order chi connectivity index (χ1) is 19.9. The third-order valence-electron chi connectivity index (χ3n) is 8.92. The van der Waals surface area contributed by atoms with Crippen molar-refractivity contribution < 1.29 is 4.42 Å². The average Bonchev–Trinajstić information content (AvgIpc) is 3.24. The molecule has 0 saturated carbocycles. The quantitative estimate of drug-likeness (QED) is 0.226. The van der Waals surface area contributed by atoms with Crippen LogP contribution in [-0.4, -0.2) is 0 Å². The maximum atomic E-state index is 6.94. The monoisotopic (exact) mass is 508 g/mol. The summed E-state index contributed by atoms with van der Waals surface area (Å²) in [4.78, 5) is 0. The predicted octanol–water partition coefficient (Wildman–Crippen LogP) is 10.3. The van der Waals surface area contributed by atoms with Crippen molar-refractivity contribution in [3.8, 4) is 11.1 Å². The first kappa shape index (κ1) is 21.8. The van der Waals surface area contributed by atoms with Gasteiger partial charge in [-0.15, -0.1) is 0 Å². The zero-order valence-corrected chi connectivity index (χ0v) is 21.8. The van der Waals surface area contributed by atoms with E-state index in [1.165, 1.54) is 65.7 Å². The number of hydrogen-bond acceptors (Lipinski definition) is 1. The summed E-state index contributed by atoms with van der Waals surface area (Å²) < 4.78 is 6.94. The molecule has 40 heavy (non-hydrogen) atoms. The van der Waals surface area contributed by atoms with Crippen LogP contribution >= 0.6 is 0 Å². The molecule has 0 spiro atoms. The Morgan fingerprint density at radius 1 is 0.425 bits per heavy atom. The van der Waals surface area contributed by atoms with Gasteiger partial charge >= 0.3 is 0 Å². The van der Waals surface area contributed by atoms with Crippen molar-refractivity contribution in [3.05, 3.63) is 168 Å². The van der Waals surface area contributed by atoms with Crippen molar-refractivity contribution >= 4 is 43.5 Å². The lowest BCUT2D eigenvalue weighted by Gasteiger charge is -2.33. The lowest BCUT2D eigenvalue weighted by Crippen LogP contribution is -2.28. The minimum atomic E-state index is -0.469. The summed E-state index contributed by atoms with van der Waals surface area (Å²) in [5.41, 5.74) is 9.03. The van der Waals surface area contributed by atoms with E-state index in [2.05, 4.69) is 146 Å². The van der Waals surface area contributed by atoms with Gasteiger partial charge in [-0.2, -0.15) is 0 Å². The van der Waals surface area contributed by atoms with E-state index in [-0.39, 0.29) is 0 Å². The highest BCUT2D eigenvalue weighted by molar-refractivity contribution is 6.25. The average molecular weight is 509 g/mol. The number of hydrogen-bond donors (Lipinski definition) is 0. The molecule has 0 amide bonds. The lowest BCUT2D eigenvalue weighted by molar-refractivity contribution is 0.661. The summed E-state index contributed by atoms with van der Waals surface area (Å²) >= 11 is 0. The maximum absolute atomic E-state index is 6.94. The minimum absolute atomic E-state index is 0.469. The van der Waals surface area contributed by atoms with Gasteiger partial charge in [-0.3, -0.25) is 0 Å². The van der Waals surface area contributed by atoms with Crippen LogP contribution in [0, 0.1) is 0 Å². The molecule has 8 aromatic rings. The van der Waals surface area contributed by atoms with Crippen LogP contribution in [0.1, 0.15) is 22.3 Å². The molecule has 0 bridgehead atoms. The van der Waals surface area contributed by atoms with Crippen LogP contribution in [0.25, 0.3) is 54.6 Å². The van der Waals surface area contributed by atoms with Crippen LogP contribution in [0.4, 0.5) is 0 Å². The summed E-state index contributed by atoms with van der Waals surface area (Å²) in [6, 6.07) is 52.9. The van der Waals surface area contributed by atoms with Crippen molar-refractivity contribution in [1.82, 2.24) is 0 Å². The van der Waals surface area contributed by atoms with Gasteiger partial charge < -0.3 is 4.42 Å². The molecule has 1 heteroatoms. The maximum Gasteiger partial charge on any atom is 0.136 e. The van der Waals surface area contributed by atoms with Crippen LogP contribution in [0.5, 0.6) is 0 Å². The molecule has 1 aliphatic carbocycles. The van der Waals surface area contributed by atoms with Crippen molar-refractivity contribution in [1.29, 1.82) is 0 Å². The molecule has 0 saturated heterocycles. The summed E-state index contributed by atoms with van der Waals surface area (Å²) in [5.74, 6) is 0. The lowest BCUT2D eigenvalue weighted by atomic mass is 9.67. The van der Waals surface area contributed by atoms with Crippen LogP contribution in [-0.2, 0) is 5.41 Å². The highest BCUT2D eigenvalue weighted by atomic mass is 16.3. The molecule has 0 N–H and O–H groups in total. The van der Waals surface area contributed by atoms with E-state index in [4.69, 9.17) is 4.42 Å².